The van der Waals surface area contributed by atoms with Gasteiger partial charge in [0, 0.05) is 11.5 Å². The summed E-state index contributed by atoms with van der Waals surface area (Å²) >= 11 is 1.29. The van der Waals surface area contributed by atoms with Crippen LogP contribution in [0.4, 0.5) is 9.52 Å². The van der Waals surface area contributed by atoms with Gasteiger partial charge in [-0.2, -0.15) is 5.10 Å². The van der Waals surface area contributed by atoms with E-state index >= 15 is 0 Å². The van der Waals surface area contributed by atoms with E-state index in [2.05, 4.69) is 25.5 Å². The standard InChI is InChI=1S/C17H13FN6O2S/c18-12-9(2-1-3-11(12)25)10-6-19-7-24(10)15-13-14(22-23-15)20-17(27-13)21-16(26)8-4-5-8/h1-3,6-8,25H,4-5H2,(H2,20,21,22,23,26). The lowest BCUT2D eigenvalue weighted by Gasteiger charge is -2.07. The minimum Gasteiger partial charge on any atom is -0.505 e. The number of carbonyl (C=O) groups excluding carboxylic acids is 1. The maximum absolute atomic E-state index is 14.4. The monoisotopic (exact) mass is 384 g/mol. The molecule has 10 heteroatoms. The highest BCUT2D eigenvalue weighted by Gasteiger charge is 2.30. The summed E-state index contributed by atoms with van der Waals surface area (Å²) in [7, 11) is 0. The molecular formula is C17H13FN6O2S. The van der Waals surface area contributed by atoms with Gasteiger partial charge in [0.15, 0.2) is 28.2 Å². The molecule has 0 unspecified atom stereocenters. The Morgan fingerprint density at radius 1 is 1.41 bits per heavy atom. The van der Waals surface area contributed by atoms with Gasteiger partial charge in [0.05, 0.1) is 11.9 Å². The number of nitrogens with one attached hydrogen (secondary N) is 2. The second kappa shape index (κ2) is 5.88. The maximum Gasteiger partial charge on any atom is 0.229 e. The number of aromatic nitrogens is 5. The van der Waals surface area contributed by atoms with Gasteiger partial charge in [-0.15, -0.1) is 0 Å². The molecular weight excluding hydrogens is 371 g/mol. The first-order valence-corrected chi connectivity index (χ1v) is 9.10. The Bertz CT molecular complexity index is 1180. The van der Waals surface area contributed by atoms with Crippen molar-refractivity contribution >= 4 is 32.7 Å². The number of phenols is 1. The average molecular weight is 384 g/mol. The lowest BCUT2D eigenvalue weighted by Crippen LogP contribution is -2.12. The fourth-order valence-corrected chi connectivity index (χ4v) is 3.76. The van der Waals surface area contributed by atoms with Crippen LogP contribution in [0.1, 0.15) is 12.8 Å². The van der Waals surface area contributed by atoms with E-state index in [9.17, 15) is 14.3 Å². The Labute approximate surface area is 155 Å². The van der Waals surface area contributed by atoms with Crippen molar-refractivity contribution in [2.24, 2.45) is 5.92 Å². The Kier molecular flexibility index (Phi) is 3.47. The minimum atomic E-state index is -0.729. The molecule has 5 rings (SSSR count). The predicted octanol–water partition coefficient (Wildman–Crippen LogP) is 3.07. The van der Waals surface area contributed by atoms with Gasteiger partial charge in [0.1, 0.15) is 11.0 Å². The van der Waals surface area contributed by atoms with E-state index in [4.69, 9.17) is 0 Å². The fourth-order valence-electron chi connectivity index (χ4n) is 2.85. The Hall–Kier alpha value is -3.27. The summed E-state index contributed by atoms with van der Waals surface area (Å²) in [5, 5.41) is 20.0. The number of phenolic OH excluding ortho intramolecular Hbond substituents is 1. The van der Waals surface area contributed by atoms with Crippen molar-refractivity contribution in [2.75, 3.05) is 5.32 Å². The third-order valence-corrected chi connectivity index (χ3v) is 5.36. The number of aromatic amines is 1. The van der Waals surface area contributed by atoms with Crippen molar-refractivity contribution in [3.05, 3.63) is 36.5 Å². The molecule has 3 N–H and O–H groups in total. The predicted molar refractivity (Wildman–Crippen MR) is 97.3 cm³/mol. The summed E-state index contributed by atoms with van der Waals surface area (Å²) in [6.45, 7) is 0. The lowest BCUT2D eigenvalue weighted by atomic mass is 10.1. The van der Waals surface area contributed by atoms with Crippen molar-refractivity contribution in [1.29, 1.82) is 0 Å². The van der Waals surface area contributed by atoms with Crippen LogP contribution in [0, 0.1) is 11.7 Å². The summed E-state index contributed by atoms with van der Waals surface area (Å²) in [6, 6.07) is 4.40. The number of rotatable bonds is 4. The van der Waals surface area contributed by atoms with Gasteiger partial charge in [-0.05, 0) is 25.0 Å². The van der Waals surface area contributed by atoms with Crippen LogP contribution in [-0.4, -0.2) is 35.7 Å². The van der Waals surface area contributed by atoms with Crippen molar-refractivity contribution in [3.63, 3.8) is 0 Å². The third-order valence-electron chi connectivity index (χ3n) is 4.40. The number of carbonyl (C=O) groups is 1. The summed E-state index contributed by atoms with van der Waals surface area (Å²) in [5.41, 5.74) is 1.17. The third kappa shape index (κ3) is 2.65. The van der Waals surface area contributed by atoms with Gasteiger partial charge < -0.3 is 10.4 Å². The van der Waals surface area contributed by atoms with Gasteiger partial charge in [0.25, 0.3) is 0 Å². The summed E-state index contributed by atoms with van der Waals surface area (Å²) in [6.07, 6.45) is 4.83. The van der Waals surface area contributed by atoms with Crippen molar-refractivity contribution < 1.29 is 14.3 Å². The average Bonchev–Trinajstić information content (AvgIpc) is 3.08. The molecule has 0 radical (unpaired) electrons. The zero-order chi connectivity index (χ0) is 18.5. The van der Waals surface area contributed by atoms with Crippen LogP contribution in [0.15, 0.2) is 30.7 Å². The molecule has 1 amide bonds. The molecule has 4 aromatic rings. The zero-order valence-electron chi connectivity index (χ0n) is 13.8. The Balaban J connectivity index is 1.56. The molecule has 3 heterocycles. The Morgan fingerprint density at radius 3 is 3.07 bits per heavy atom. The van der Waals surface area contributed by atoms with E-state index in [0.29, 0.717) is 27.0 Å². The highest BCUT2D eigenvalue weighted by atomic mass is 32.1. The second-order valence-electron chi connectivity index (χ2n) is 6.30. The van der Waals surface area contributed by atoms with Crippen LogP contribution in [0.2, 0.25) is 0 Å². The molecule has 136 valence electrons. The van der Waals surface area contributed by atoms with Gasteiger partial charge in [-0.25, -0.2) is 14.4 Å². The molecule has 0 aliphatic heterocycles. The van der Waals surface area contributed by atoms with Crippen molar-refractivity contribution in [2.45, 2.75) is 12.8 Å². The number of thiazole rings is 1. The fraction of sp³-hybridized carbons (Fsp3) is 0.176. The first kappa shape index (κ1) is 15.9. The van der Waals surface area contributed by atoms with E-state index in [1.807, 2.05) is 0 Å². The van der Waals surface area contributed by atoms with Crippen molar-refractivity contribution in [1.82, 2.24) is 24.7 Å². The van der Waals surface area contributed by atoms with Gasteiger partial charge in [-0.1, -0.05) is 17.4 Å². The quantitative estimate of drug-likeness (QED) is 0.501. The molecule has 0 atom stereocenters. The SMILES string of the molecule is O=C(Nc1nc2[nH]nc(-n3cncc3-c3cccc(O)c3F)c2s1)C1CC1. The summed E-state index contributed by atoms with van der Waals surface area (Å²) < 4.78 is 16.7. The highest BCUT2D eigenvalue weighted by Crippen LogP contribution is 2.35. The number of anilines is 1. The molecule has 1 aromatic carbocycles. The highest BCUT2D eigenvalue weighted by molar-refractivity contribution is 7.22. The van der Waals surface area contributed by atoms with Crippen LogP contribution in [-0.2, 0) is 4.79 Å². The van der Waals surface area contributed by atoms with Gasteiger partial charge in [0.2, 0.25) is 5.91 Å². The lowest BCUT2D eigenvalue weighted by molar-refractivity contribution is -0.117. The van der Waals surface area contributed by atoms with E-state index in [1.54, 1.807) is 16.7 Å². The molecule has 3 aromatic heterocycles. The molecule has 27 heavy (non-hydrogen) atoms. The van der Waals surface area contributed by atoms with Gasteiger partial charge in [-0.3, -0.25) is 14.5 Å². The number of halogens is 1. The number of H-pyrrole nitrogens is 1. The smallest absolute Gasteiger partial charge is 0.229 e. The van der Waals surface area contributed by atoms with Crippen molar-refractivity contribution in [3.8, 4) is 22.8 Å². The number of amides is 1. The van der Waals surface area contributed by atoms with E-state index in [-0.39, 0.29) is 17.4 Å². The van der Waals surface area contributed by atoms with Crippen LogP contribution in [0.25, 0.3) is 27.4 Å². The first-order valence-electron chi connectivity index (χ1n) is 8.28. The number of imidazole rings is 1. The molecule has 8 nitrogen and oxygen atoms in total. The van der Waals surface area contributed by atoms with Crippen LogP contribution >= 0.6 is 11.3 Å². The minimum absolute atomic E-state index is 0.0222. The number of hydrogen-bond donors (Lipinski definition) is 3. The van der Waals surface area contributed by atoms with E-state index < -0.39 is 11.6 Å². The van der Waals surface area contributed by atoms with Crippen LogP contribution < -0.4 is 5.32 Å². The summed E-state index contributed by atoms with van der Waals surface area (Å²) in [4.78, 5) is 20.4. The van der Waals surface area contributed by atoms with Gasteiger partial charge >= 0.3 is 0 Å². The first-order chi connectivity index (χ1) is 13.1. The molecule has 0 bridgehead atoms. The number of benzene rings is 1. The number of hydrogen-bond acceptors (Lipinski definition) is 6. The molecule has 1 fully saturated rings. The molecule has 1 aliphatic carbocycles. The number of aromatic hydroxyl groups is 1. The van der Waals surface area contributed by atoms with E-state index in [0.717, 1.165) is 12.8 Å². The molecule has 1 aliphatic rings. The molecule has 0 saturated heterocycles. The van der Waals surface area contributed by atoms with E-state index in [1.165, 1.54) is 29.9 Å². The van der Waals surface area contributed by atoms with Crippen LogP contribution in [0.5, 0.6) is 5.75 Å². The second-order valence-corrected chi connectivity index (χ2v) is 7.29. The zero-order valence-corrected chi connectivity index (χ0v) is 14.6. The maximum atomic E-state index is 14.4. The summed E-state index contributed by atoms with van der Waals surface area (Å²) in [5.74, 6) is -0.613. The largest absolute Gasteiger partial charge is 0.505 e. The number of nitrogens with zero attached hydrogens (tertiary/aromatic N) is 4. The molecule has 1 saturated carbocycles. The topological polar surface area (TPSA) is 109 Å². The van der Waals surface area contributed by atoms with Crippen LogP contribution in [0.3, 0.4) is 0 Å². The number of fused-ring (bicyclic) bond motifs is 1. The normalized spacial score (nSPS) is 14.0. The Morgan fingerprint density at radius 2 is 2.26 bits per heavy atom. The molecule has 0 spiro atoms.